The average Bonchev–Trinajstić information content (AvgIpc) is 2.92. The number of nitrogens with zero attached hydrogens (tertiary/aromatic N) is 3. The summed E-state index contributed by atoms with van der Waals surface area (Å²) in [5, 5.41) is 13.0. The minimum absolute atomic E-state index is 0.00929. The van der Waals surface area contributed by atoms with Crippen LogP contribution in [-0.4, -0.2) is 44.8 Å². The molecule has 22 heavy (non-hydrogen) atoms. The van der Waals surface area contributed by atoms with Crippen LogP contribution in [-0.2, 0) is 11.3 Å². The van der Waals surface area contributed by atoms with Crippen molar-refractivity contribution in [2.45, 2.75) is 46.1 Å². The normalized spacial score (nSPS) is 18.7. The topological polar surface area (TPSA) is 75.4 Å². The Morgan fingerprint density at radius 1 is 1.45 bits per heavy atom. The molecule has 1 unspecified atom stereocenters. The summed E-state index contributed by atoms with van der Waals surface area (Å²) in [6.45, 7) is 6.43. The van der Waals surface area contributed by atoms with Crippen molar-refractivity contribution < 1.29 is 14.7 Å². The van der Waals surface area contributed by atoms with Crippen LogP contribution < -0.4 is 0 Å². The first-order chi connectivity index (χ1) is 10.5. The van der Waals surface area contributed by atoms with Crippen LogP contribution in [0.2, 0.25) is 0 Å². The smallest absolute Gasteiger partial charge is 0.303 e. The van der Waals surface area contributed by atoms with Crippen molar-refractivity contribution in [3.8, 4) is 0 Å². The number of carbonyl (C=O) groups is 2. The van der Waals surface area contributed by atoms with E-state index in [1.54, 1.807) is 6.20 Å². The lowest BCUT2D eigenvalue weighted by molar-refractivity contribution is -0.137. The molecule has 1 aliphatic heterocycles. The monoisotopic (exact) mass is 307 g/mol. The van der Waals surface area contributed by atoms with E-state index in [0.29, 0.717) is 30.4 Å². The lowest BCUT2D eigenvalue weighted by atomic mass is 9.93. The Hall–Kier alpha value is -1.85. The molecule has 0 radical (unpaired) electrons. The molecule has 0 bridgehead atoms. The van der Waals surface area contributed by atoms with E-state index >= 15 is 0 Å². The summed E-state index contributed by atoms with van der Waals surface area (Å²) in [6.07, 6.45) is 6.21. The summed E-state index contributed by atoms with van der Waals surface area (Å²) in [4.78, 5) is 25.1. The lowest BCUT2D eigenvalue weighted by Crippen LogP contribution is -2.40. The fraction of sp³-hybridized carbons (Fsp3) is 0.688. The van der Waals surface area contributed by atoms with Crippen molar-refractivity contribution in [1.82, 2.24) is 14.7 Å². The number of rotatable bonds is 6. The Kier molecular flexibility index (Phi) is 5.57. The first kappa shape index (κ1) is 16.5. The molecule has 6 heteroatoms. The maximum absolute atomic E-state index is 12.5. The van der Waals surface area contributed by atoms with E-state index in [9.17, 15) is 9.59 Å². The number of carboxylic acids is 1. The van der Waals surface area contributed by atoms with Crippen molar-refractivity contribution in [3.63, 3.8) is 0 Å². The van der Waals surface area contributed by atoms with Crippen LogP contribution in [0, 0.1) is 11.8 Å². The van der Waals surface area contributed by atoms with Crippen LogP contribution in [0.3, 0.4) is 0 Å². The first-order valence-corrected chi connectivity index (χ1v) is 7.99. The highest BCUT2D eigenvalue weighted by molar-refractivity contribution is 5.93. The minimum atomic E-state index is -0.765. The SMILES string of the molecule is CC(C)Cn1cc(C(=O)N2CCCC(CCC(=O)O)C2)cn1. The van der Waals surface area contributed by atoms with Crippen LogP contribution in [0.4, 0.5) is 0 Å². The van der Waals surface area contributed by atoms with E-state index in [1.165, 1.54) is 0 Å². The van der Waals surface area contributed by atoms with Gasteiger partial charge in [0, 0.05) is 32.3 Å². The van der Waals surface area contributed by atoms with Gasteiger partial charge in [-0.05, 0) is 31.1 Å². The summed E-state index contributed by atoms with van der Waals surface area (Å²) in [7, 11) is 0. The van der Waals surface area contributed by atoms with Crippen molar-refractivity contribution in [2.24, 2.45) is 11.8 Å². The summed E-state index contributed by atoms with van der Waals surface area (Å²) in [5.74, 6) is 0.0196. The molecule has 2 rings (SSSR count). The summed E-state index contributed by atoms with van der Waals surface area (Å²) >= 11 is 0. The number of carbonyl (C=O) groups excluding carboxylic acids is 1. The van der Waals surface area contributed by atoms with Gasteiger partial charge in [-0.3, -0.25) is 14.3 Å². The second kappa shape index (κ2) is 7.42. The number of piperidine rings is 1. The van der Waals surface area contributed by atoms with Crippen LogP contribution in [0.15, 0.2) is 12.4 Å². The van der Waals surface area contributed by atoms with Crippen LogP contribution in [0.25, 0.3) is 0 Å². The Morgan fingerprint density at radius 3 is 2.91 bits per heavy atom. The van der Waals surface area contributed by atoms with E-state index in [-0.39, 0.29) is 12.3 Å². The molecule has 1 atom stereocenters. The van der Waals surface area contributed by atoms with Gasteiger partial charge in [0.15, 0.2) is 0 Å². The van der Waals surface area contributed by atoms with E-state index in [4.69, 9.17) is 5.11 Å². The van der Waals surface area contributed by atoms with Crippen molar-refractivity contribution in [3.05, 3.63) is 18.0 Å². The average molecular weight is 307 g/mol. The predicted molar refractivity (Wildman–Crippen MR) is 82.6 cm³/mol. The Morgan fingerprint density at radius 2 is 2.23 bits per heavy atom. The maximum atomic E-state index is 12.5. The quantitative estimate of drug-likeness (QED) is 0.874. The Labute approximate surface area is 131 Å². The number of amides is 1. The van der Waals surface area contributed by atoms with Gasteiger partial charge >= 0.3 is 5.97 Å². The molecule has 1 aromatic heterocycles. The molecule has 1 amide bonds. The molecule has 0 saturated carbocycles. The summed E-state index contributed by atoms with van der Waals surface area (Å²) in [6, 6.07) is 0. The summed E-state index contributed by atoms with van der Waals surface area (Å²) < 4.78 is 1.81. The van der Waals surface area contributed by atoms with Crippen molar-refractivity contribution >= 4 is 11.9 Å². The second-order valence-corrected chi connectivity index (χ2v) is 6.54. The lowest BCUT2D eigenvalue weighted by Gasteiger charge is -2.32. The van der Waals surface area contributed by atoms with E-state index in [0.717, 1.165) is 25.9 Å². The van der Waals surface area contributed by atoms with Gasteiger partial charge in [0.1, 0.15) is 0 Å². The van der Waals surface area contributed by atoms with Crippen LogP contribution >= 0.6 is 0 Å². The molecule has 1 N–H and O–H groups in total. The molecule has 1 aromatic rings. The first-order valence-electron chi connectivity index (χ1n) is 7.99. The van der Waals surface area contributed by atoms with Gasteiger partial charge < -0.3 is 10.0 Å². The molecule has 0 spiro atoms. The molecule has 1 fully saturated rings. The Bertz CT molecular complexity index is 524. The van der Waals surface area contributed by atoms with Crippen LogP contribution in [0.5, 0.6) is 0 Å². The largest absolute Gasteiger partial charge is 0.481 e. The fourth-order valence-corrected chi connectivity index (χ4v) is 2.94. The molecule has 6 nitrogen and oxygen atoms in total. The van der Waals surface area contributed by atoms with Gasteiger partial charge in [0.05, 0.1) is 11.8 Å². The number of carboxylic acid groups (broad SMARTS) is 1. The van der Waals surface area contributed by atoms with Gasteiger partial charge in [-0.25, -0.2) is 0 Å². The van der Waals surface area contributed by atoms with Gasteiger partial charge in [0.2, 0.25) is 0 Å². The number of likely N-dealkylation sites (tertiary alicyclic amines) is 1. The van der Waals surface area contributed by atoms with Crippen molar-refractivity contribution in [1.29, 1.82) is 0 Å². The van der Waals surface area contributed by atoms with Gasteiger partial charge in [-0.1, -0.05) is 13.8 Å². The van der Waals surface area contributed by atoms with E-state index < -0.39 is 5.97 Å². The molecular formula is C16H25N3O3. The molecule has 2 heterocycles. The zero-order chi connectivity index (χ0) is 16.1. The zero-order valence-electron chi connectivity index (χ0n) is 13.4. The number of aromatic nitrogens is 2. The highest BCUT2D eigenvalue weighted by Gasteiger charge is 2.25. The molecule has 1 saturated heterocycles. The van der Waals surface area contributed by atoms with Crippen LogP contribution in [0.1, 0.15) is 49.9 Å². The van der Waals surface area contributed by atoms with Gasteiger partial charge in [0.25, 0.3) is 5.91 Å². The third-order valence-electron chi connectivity index (χ3n) is 4.01. The van der Waals surface area contributed by atoms with Gasteiger partial charge in [-0.15, -0.1) is 0 Å². The molecule has 1 aliphatic rings. The van der Waals surface area contributed by atoms with E-state index in [1.807, 2.05) is 15.8 Å². The fourth-order valence-electron chi connectivity index (χ4n) is 2.94. The van der Waals surface area contributed by atoms with E-state index in [2.05, 4.69) is 18.9 Å². The summed E-state index contributed by atoms with van der Waals surface area (Å²) in [5.41, 5.74) is 0.625. The molecule has 0 aromatic carbocycles. The Balaban J connectivity index is 1.93. The van der Waals surface area contributed by atoms with Gasteiger partial charge in [-0.2, -0.15) is 5.10 Å². The second-order valence-electron chi connectivity index (χ2n) is 6.54. The number of hydrogen-bond donors (Lipinski definition) is 1. The highest BCUT2D eigenvalue weighted by Crippen LogP contribution is 2.22. The zero-order valence-corrected chi connectivity index (χ0v) is 13.4. The highest BCUT2D eigenvalue weighted by atomic mass is 16.4. The molecular weight excluding hydrogens is 282 g/mol. The standard InChI is InChI=1S/C16H25N3O3/c1-12(2)9-19-11-14(8-17-19)16(22)18-7-3-4-13(10-18)5-6-15(20)21/h8,11-13H,3-7,9-10H2,1-2H3,(H,20,21). The third-order valence-corrected chi connectivity index (χ3v) is 4.01. The number of hydrogen-bond acceptors (Lipinski definition) is 3. The third kappa shape index (κ3) is 4.58. The molecule has 0 aliphatic carbocycles. The minimum Gasteiger partial charge on any atom is -0.481 e. The number of aliphatic carboxylic acids is 1. The predicted octanol–water partition coefficient (Wildman–Crippen LogP) is 2.26. The van der Waals surface area contributed by atoms with Crippen molar-refractivity contribution in [2.75, 3.05) is 13.1 Å². The molecule has 122 valence electrons. The maximum Gasteiger partial charge on any atom is 0.303 e.